The van der Waals surface area contributed by atoms with Crippen LogP contribution in [0, 0.1) is 12.7 Å². The molecule has 3 heterocycles. The van der Waals surface area contributed by atoms with Gasteiger partial charge in [0.15, 0.2) is 0 Å². The van der Waals surface area contributed by atoms with Gasteiger partial charge in [0.2, 0.25) is 5.95 Å². The normalized spacial score (nSPS) is 13.7. The zero-order valence-electron chi connectivity index (χ0n) is 18.0. The minimum atomic E-state index is -0.333. The molecule has 0 fully saturated rings. The van der Waals surface area contributed by atoms with E-state index in [2.05, 4.69) is 48.4 Å². The Hall–Kier alpha value is -3.74. The molecular formula is C25H24FN5O. The number of benzene rings is 2. The van der Waals surface area contributed by atoms with Crippen molar-refractivity contribution in [3.05, 3.63) is 88.1 Å². The van der Waals surface area contributed by atoms with E-state index in [-0.39, 0.29) is 17.4 Å². The third-order valence-electron chi connectivity index (χ3n) is 5.93. The van der Waals surface area contributed by atoms with Crippen LogP contribution in [-0.4, -0.2) is 19.3 Å². The fourth-order valence-electron chi connectivity index (χ4n) is 4.24. The van der Waals surface area contributed by atoms with Crippen LogP contribution < -0.4 is 10.9 Å². The predicted octanol–water partition coefficient (Wildman–Crippen LogP) is 4.80. The summed E-state index contributed by atoms with van der Waals surface area (Å²) >= 11 is 0. The summed E-state index contributed by atoms with van der Waals surface area (Å²) in [5.41, 5.74) is 4.90. The molecule has 32 heavy (non-hydrogen) atoms. The molecule has 4 aromatic rings. The maximum Gasteiger partial charge on any atom is 0.275 e. The van der Waals surface area contributed by atoms with E-state index in [0.717, 1.165) is 24.2 Å². The standard InChI is InChI=1S/C25H24FN5O/c1-16-4-6-18(7-5-16)17(2)28-25-27-13-12-21(29-25)23-22(19-8-10-20(26)11-9-19)24(32)31-15-3-14-30(23)31/h4-13,17H,3,14-15H2,1-2H3,(H,27,28,29). The zero-order chi connectivity index (χ0) is 22.2. The smallest absolute Gasteiger partial charge is 0.275 e. The van der Waals surface area contributed by atoms with Gasteiger partial charge < -0.3 is 5.32 Å². The Balaban J connectivity index is 1.56. The summed E-state index contributed by atoms with van der Waals surface area (Å²) in [4.78, 5) is 22.4. The molecule has 1 N–H and O–H groups in total. The second-order valence-corrected chi connectivity index (χ2v) is 8.18. The van der Waals surface area contributed by atoms with Gasteiger partial charge in [0, 0.05) is 19.3 Å². The lowest BCUT2D eigenvalue weighted by Gasteiger charge is -2.15. The molecule has 162 valence electrons. The highest BCUT2D eigenvalue weighted by molar-refractivity contribution is 5.79. The van der Waals surface area contributed by atoms with E-state index in [1.54, 1.807) is 23.0 Å². The van der Waals surface area contributed by atoms with E-state index < -0.39 is 0 Å². The van der Waals surface area contributed by atoms with Crippen LogP contribution in [0.4, 0.5) is 10.3 Å². The van der Waals surface area contributed by atoms with Crippen molar-refractivity contribution >= 4 is 5.95 Å². The van der Waals surface area contributed by atoms with Gasteiger partial charge in [0.05, 0.1) is 23.0 Å². The number of hydrogen-bond acceptors (Lipinski definition) is 4. The van der Waals surface area contributed by atoms with Gasteiger partial charge in [0.1, 0.15) is 5.82 Å². The number of anilines is 1. The number of aromatic nitrogens is 4. The summed E-state index contributed by atoms with van der Waals surface area (Å²) in [6, 6.07) is 16.2. The molecule has 0 bridgehead atoms. The molecule has 2 aromatic heterocycles. The van der Waals surface area contributed by atoms with E-state index in [9.17, 15) is 9.18 Å². The van der Waals surface area contributed by atoms with Crippen molar-refractivity contribution < 1.29 is 4.39 Å². The quantitative estimate of drug-likeness (QED) is 0.495. The van der Waals surface area contributed by atoms with Gasteiger partial charge in [-0.1, -0.05) is 42.0 Å². The van der Waals surface area contributed by atoms with Gasteiger partial charge >= 0.3 is 0 Å². The van der Waals surface area contributed by atoms with Crippen molar-refractivity contribution in [2.75, 3.05) is 5.32 Å². The number of nitrogens with zero attached hydrogens (tertiary/aromatic N) is 4. The topological polar surface area (TPSA) is 64.7 Å². The first-order valence-corrected chi connectivity index (χ1v) is 10.8. The van der Waals surface area contributed by atoms with E-state index >= 15 is 0 Å². The molecule has 1 aliphatic heterocycles. The summed E-state index contributed by atoms with van der Waals surface area (Å²) < 4.78 is 17.2. The lowest BCUT2D eigenvalue weighted by atomic mass is 10.0. The summed E-state index contributed by atoms with van der Waals surface area (Å²) in [6.45, 7) is 5.52. The highest BCUT2D eigenvalue weighted by Crippen LogP contribution is 2.32. The highest BCUT2D eigenvalue weighted by atomic mass is 19.1. The SMILES string of the molecule is Cc1ccc(C(C)Nc2nccc(-c3c(-c4ccc(F)cc4)c(=O)n4n3CCC4)n2)cc1. The molecule has 0 saturated carbocycles. The number of rotatable bonds is 5. The molecule has 0 amide bonds. The van der Waals surface area contributed by atoms with Gasteiger partial charge in [-0.2, -0.15) is 0 Å². The molecular weight excluding hydrogens is 405 g/mol. The number of fused-ring (bicyclic) bond motifs is 1. The Bertz CT molecular complexity index is 1320. The molecule has 1 unspecified atom stereocenters. The lowest BCUT2D eigenvalue weighted by molar-refractivity contribution is 0.599. The largest absolute Gasteiger partial charge is 0.348 e. The Morgan fingerprint density at radius 2 is 1.72 bits per heavy atom. The molecule has 5 rings (SSSR count). The fraction of sp³-hybridized carbons (Fsp3) is 0.240. The van der Waals surface area contributed by atoms with Crippen LogP contribution in [0.15, 0.2) is 65.6 Å². The van der Waals surface area contributed by atoms with Crippen LogP contribution in [0.1, 0.15) is 30.5 Å². The first-order chi connectivity index (χ1) is 15.5. The van der Waals surface area contributed by atoms with E-state index in [1.165, 1.54) is 17.7 Å². The van der Waals surface area contributed by atoms with Crippen molar-refractivity contribution in [3.8, 4) is 22.5 Å². The molecule has 7 heteroatoms. The van der Waals surface area contributed by atoms with Gasteiger partial charge in [-0.05, 0) is 49.6 Å². The van der Waals surface area contributed by atoms with Gasteiger partial charge in [-0.15, -0.1) is 0 Å². The minimum absolute atomic E-state index is 0.0184. The Morgan fingerprint density at radius 3 is 2.47 bits per heavy atom. The summed E-state index contributed by atoms with van der Waals surface area (Å²) in [5, 5.41) is 3.36. The van der Waals surface area contributed by atoms with E-state index in [0.29, 0.717) is 29.3 Å². The van der Waals surface area contributed by atoms with Crippen molar-refractivity contribution in [2.24, 2.45) is 0 Å². The lowest BCUT2D eigenvalue weighted by Crippen LogP contribution is -2.17. The van der Waals surface area contributed by atoms with Crippen molar-refractivity contribution in [3.63, 3.8) is 0 Å². The van der Waals surface area contributed by atoms with Crippen LogP contribution in [0.5, 0.6) is 0 Å². The van der Waals surface area contributed by atoms with Crippen molar-refractivity contribution in [1.29, 1.82) is 0 Å². The van der Waals surface area contributed by atoms with Gasteiger partial charge in [0.25, 0.3) is 5.56 Å². The molecule has 0 radical (unpaired) electrons. The Labute approximate surface area is 185 Å². The number of aryl methyl sites for hydroxylation is 1. The summed E-state index contributed by atoms with van der Waals surface area (Å²) in [7, 11) is 0. The van der Waals surface area contributed by atoms with Crippen LogP contribution in [0.2, 0.25) is 0 Å². The molecule has 0 saturated heterocycles. The predicted molar refractivity (Wildman–Crippen MR) is 123 cm³/mol. The third-order valence-corrected chi connectivity index (χ3v) is 5.93. The van der Waals surface area contributed by atoms with Crippen LogP contribution in [-0.2, 0) is 13.1 Å². The van der Waals surface area contributed by atoms with Crippen molar-refractivity contribution in [2.45, 2.75) is 39.4 Å². The molecule has 0 spiro atoms. The van der Waals surface area contributed by atoms with E-state index in [1.807, 2.05) is 10.7 Å². The number of hydrogen-bond donors (Lipinski definition) is 1. The molecule has 0 aliphatic carbocycles. The van der Waals surface area contributed by atoms with Gasteiger partial charge in [-0.25, -0.2) is 19.0 Å². The average Bonchev–Trinajstić information content (AvgIpc) is 3.37. The maximum absolute atomic E-state index is 13.5. The Kier molecular flexibility index (Phi) is 5.09. The Morgan fingerprint density at radius 1 is 1.00 bits per heavy atom. The number of nitrogens with one attached hydrogen (secondary N) is 1. The minimum Gasteiger partial charge on any atom is -0.348 e. The molecule has 6 nitrogen and oxygen atoms in total. The van der Waals surface area contributed by atoms with Crippen LogP contribution >= 0.6 is 0 Å². The first kappa shape index (κ1) is 20.2. The summed E-state index contributed by atoms with van der Waals surface area (Å²) in [6.07, 6.45) is 2.59. The van der Waals surface area contributed by atoms with E-state index in [4.69, 9.17) is 4.98 Å². The zero-order valence-corrected chi connectivity index (χ0v) is 18.0. The summed E-state index contributed by atoms with van der Waals surface area (Å²) in [5.74, 6) is 0.160. The van der Waals surface area contributed by atoms with Crippen LogP contribution in [0.25, 0.3) is 22.5 Å². The third kappa shape index (κ3) is 3.60. The number of halogens is 1. The second kappa shape index (κ2) is 8.07. The first-order valence-electron chi connectivity index (χ1n) is 10.8. The monoisotopic (exact) mass is 429 g/mol. The van der Waals surface area contributed by atoms with Crippen molar-refractivity contribution in [1.82, 2.24) is 19.3 Å². The van der Waals surface area contributed by atoms with Crippen LogP contribution in [0.3, 0.4) is 0 Å². The fourth-order valence-corrected chi connectivity index (χ4v) is 4.24. The van der Waals surface area contributed by atoms with Gasteiger partial charge in [-0.3, -0.25) is 9.48 Å². The second-order valence-electron chi connectivity index (χ2n) is 8.18. The maximum atomic E-state index is 13.5. The molecule has 1 aliphatic rings. The highest BCUT2D eigenvalue weighted by Gasteiger charge is 2.26. The molecule has 1 atom stereocenters. The molecule has 2 aromatic carbocycles. The average molecular weight is 429 g/mol.